The lowest BCUT2D eigenvalue weighted by atomic mass is 10.1. The Morgan fingerprint density at radius 3 is 2.88 bits per heavy atom. The number of aliphatic hydroxyl groups excluding tert-OH is 2. The van der Waals surface area contributed by atoms with Gasteiger partial charge in [0.2, 0.25) is 0 Å². The van der Waals surface area contributed by atoms with Gasteiger partial charge in [-0.25, -0.2) is 4.79 Å². The largest absolute Gasteiger partial charge is 0.396 e. The second-order valence-corrected chi connectivity index (χ2v) is 4.37. The van der Waals surface area contributed by atoms with Gasteiger partial charge < -0.3 is 15.9 Å². The highest BCUT2D eigenvalue weighted by Gasteiger charge is 2.53. The van der Waals surface area contributed by atoms with Crippen LogP contribution < -0.4 is 11.4 Å². The maximum atomic E-state index is 11.5. The molecule has 0 unspecified atom stereocenters. The van der Waals surface area contributed by atoms with E-state index in [1.165, 1.54) is 4.57 Å². The summed E-state index contributed by atoms with van der Waals surface area (Å²) in [5.41, 5.74) is 4.59. The van der Waals surface area contributed by atoms with Gasteiger partial charge in [-0.3, -0.25) is 4.57 Å². The van der Waals surface area contributed by atoms with Gasteiger partial charge in [-0.05, 0) is 18.4 Å². The minimum absolute atomic E-state index is 0.0327. The molecule has 1 aliphatic carbocycles. The third-order valence-electron chi connectivity index (χ3n) is 3.28. The normalized spacial score (nSPS) is 28.0. The summed E-state index contributed by atoms with van der Waals surface area (Å²) in [6, 6.07) is 1.54. The lowest BCUT2D eigenvalue weighted by Gasteiger charge is -2.15. The number of hydrogen-bond donors (Lipinski definition) is 3. The van der Waals surface area contributed by atoms with E-state index in [0.717, 1.165) is 6.42 Å². The molecular weight excluding hydrogens is 210 g/mol. The molecule has 0 saturated heterocycles. The Labute approximate surface area is 92.4 Å². The van der Waals surface area contributed by atoms with E-state index < -0.39 is 5.69 Å². The van der Waals surface area contributed by atoms with Crippen molar-refractivity contribution in [2.45, 2.75) is 13.0 Å². The van der Waals surface area contributed by atoms with E-state index in [1.807, 2.05) is 0 Å². The number of anilines is 1. The van der Waals surface area contributed by atoms with Crippen LogP contribution >= 0.6 is 0 Å². The van der Waals surface area contributed by atoms with E-state index in [2.05, 4.69) is 4.98 Å². The molecular formula is C10H15N3O3. The van der Waals surface area contributed by atoms with Crippen molar-refractivity contribution in [2.75, 3.05) is 18.9 Å². The van der Waals surface area contributed by atoms with Gasteiger partial charge in [0.15, 0.2) is 0 Å². The molecule has 4 N–H and O–H groups in total. The molecule has 1 aromatic heterocycles. The zero-order chi connectivity index (χ0) is 11.8. The topological polar surface area (TPSA) is 101 Å². The Kier molecular flexibility index (Phi) is 2.69. The molecule has 0 radical (unpaired) electrons. The van der Waals surface area contributed by atoms with E-state index in [9.17, 15) is 9.90 Å². The van der Waals surface area contributed by atoms with Crippen molar-refractivity contribution in [1.82, 2.24) is 9.55 Å². The van der Waals surface area contributed by atoms with E-state index in [4.69, 9.17) is 10.8 Å². The molecule has 0 aromatic carbocycles. The summed E-state index contributed by atoms with van der Waals surface area (Å²) >= 11 is 0. The van der Waals surface area contributed by atoms with Crippen molar-refractivity contribution in [1.29, 1.82) is 0 Å². The molecule has 6 heteroatoms. The summed E-state index contributed by atoms with van der Waals surface area (Å²) < 4.78 is 1.42. The van der Waals surface area contributed by atoms with Crippen LogP contribution in [0, 0.1) is 11.3 Å². The summed E-state index contributed by atoms with van der Waals surface area (Å²) in [6.07, 6.45) is 2.30. The van der Waals surface area contributed by atoms with Gasteiger partial charge in [0.25, 0.3) is 0 Å². The predicted octanol–water partition coefficient (Wildman–Crippen LogP) is -1.18. The van der Waals surface area contributed by atoms with Crippen molar-refractivity contribution in [2.24, 2.45) is 11.3 Å². The van der Waals surface area contributed by atoms with Crippen LogP contribution in [-0.4, -0.2) is 33.0 Å². The average Bonchev–Trinajstić information content (AvgIpc) is 2.97. The first-order chi connectivity index (χ1) is 7.61. The predicted molar refractivity (Wildman–Crippen MR) is 57.6 cm³/mol. The van der Waals surface area contributed by atoms with Crippen molar-refractivity contribution < 1.29 is 10.2 Å². The van der Waals surface area contributed by atoms with Gasteiger partial charge in [0.1, 0.15) is 5.82 Å². The van der Waals surface area contributed by atoms with Gasteiger partial charge in [-0.2, -0.15) is 4.98 Å². The Balaban J connectivity index is 2.18. The van der Waals surface area contributed by atoms with Crippen molar-refractivity contribution in [3.05, 3.63) is 22.7 Å². The number of aromatic nitrogens is 2. The average molecular weight is 225 g/mol. The molecule has 0 amide bonds. The molecule has 1 aliphatic rings. The second kappa shape index (κ2) is 3.88. The molecule has 88 valence electrons. The van der Waals surface area contributed by atoms with E-state index in [0.29, 0.717) is 6.54 Å². The Hall–Kier alpha value is -1.40. The Morgan fingerprint density at radius 2 is 2.38 bits per heavy atom. The fraction of sp³-hybridized carbons (Fsp3) is 0.600. The van der Waals surface area contributed by atoms with Crippen LogP contribution in [0.1, 0.15) is 6.42 Å². The number of nitrogens with zero attached hydrogens (tertiary/aromatic N) is 2. The quantitative estimate of drug-likeness (QED) is 0.598. The number of rotatable bonds is 4. The first-order valence-electron chi connectivity index (χ1n) is 5.16. The monoisotopic (exact) mass is 225 g/mol. The smallest absolute Gasteiger partial charge is 0.349 e. The minimum Gasteiger partial charge on any atom is -0.396 e. The van der Waals surface area contributed by atoms with Gasteiger partial charge in [0.05, 0.1) is 6.61 Å². The molecule has 2 atom stereocenters. The van der Waals surface area contributed by atoms with E-state index in [1.54, 1.807) is 12.3 Å². The number of hydrogen-bond acceptors (Lipinski definition) is 5. The van der Waals surface area contributed by atoms with E-state index in [-0.39, 0.29) is 30.4 Å². The highest BCUT2D eigenvalue weighted by Crippen LogP contribution is 2.52. The number of nitrogen functional groups attached to an aromatic ring is 1. The summed E-state index contributed by atoms with van der Waals surface area (Å²) in [7, 11) is 0. The molecule has 1 saturated carbocycles. The van der Waals surface area contributed by atoms with Crippen molar-refractivity contribution in [3.63, 3.8) is 0 Å². The maximum absolute atomic E-state index is 11.5. The molecule has 0 bridgehead atoms. The van der Waals surface area contributed by atoms with Crippen LogP contribution in [0.5, 0.6) is 0 Å². The summed E-state index contributed by atoms with van der Waals surface area (Å²) in [5.74, 6) is 0.260. The van der Waals surface area contributed by atoms with Crippen LogP contribution in [0.3, 0.4) is 0 Å². The molecule has 16 heavy (non-hydrogen) atoms. The van der Waals surface area contributed by atoms with Crippen LogP contribution in [-0.2, 0) is 6.54 Å². The summed E-state index contributed by atoms with van der Waals surface area (Å²) in [5, 5.41) is 18.3. The maximum Gasteiger partial charge on any atom is 0.349 e. The minimum atomic E-state index is -0.420. The Bertz CT molecular complexity index is 445. The lowest BCUT2D eigenvalue weighted by molar-refractivity contribution is 0.156. The second-order valence-electron chi connectivity index (χ2n) is 4.37. The molecule has 2 rings (SSSR count). The highest BCUT2D eigenvalue weighted by molar-refractivity contribution is 5.23. The summed E-state index contributed by atoms with van der Waals surface area (Å²) in [6.45, 7) is 0.383. The van der Waals surface area contributed by atoms with Crippen molar-refractivity contribution in [3.8, 4) is 0 Å². The van der Waals surface area contributed by atoms with Crippen LogP contribution in [0.25, 0.3) is 0 Å². The van der Waals surface area contributed by atoms with Crippen LogP contribution in [0.4, 0.5) is 5.82 Å². The fourth-order valence-electron chi connectivity index (χ4n) is 2.03. The number of aliphatic hydroxyl groups is 2. The van der Waals surface area contributed by atoms with Gasteiger partial charge in [-0.1, -0.05) is 0 Å². The van der Waals surface area contributed by atoms with Crippen LogP contribution in [0.15, 0.2) is 17.1 Å². The number of nitrogens with two attached hydrogens (primary N) is 1. The van der Waals surface area contributed by atoms with Gasteiger partial charge in [-0.15, -0.1) is 0 Å². The zero-order valence-electron chi connectivity index (χ0n) is 8.83. The summed E-state index contributed by atoms with van der Waals surface area (Å²) in [4.78, 5) is 15.1. The van der Waals surface area contributed by atoms with Gasteiger partial charge >= 0.3 is 5.69 Å². The molecule has 1 aromatic rings. The fourth-order valence-corrected chi connectivity index (χ4v) is 2.03. The highest BCUT2D eigenvalue weighted by atomic mass is 16.3. The molecule has 6 nitrogen and oxygen atoms in total. The first-order valence-corrected chi connectivity index (χ1v) is 5.16. The zero-order valence-corrected chi connectivity index (χ0v) is 8.83. The standard InChI is InChI=1S/C10H15N3O3/c11-8-1-2-13(9(16)12-8)5-10(6-15)3-7(10)4-14/h1-2,7,14-15H,3-6H2,(H2,11,12,16)/t7-,10+/m0/s1. The molecule has 0 spiro atoms. The van der Waals surface area contributed by atoms with Gasteiger partial charge in [0, 0.05) is 24.8 Å². The molecule has 1 fully saturated rings. The Morgan fingerprint density at radius 1 is 1.62 bits per heavy atom. The third-order valence-corrected chi connectivity index (χ3v) is 3.28. The van der Waals surface area contributed by atoms with Crippen molar-refractivity contribution >= 4 is 5.82 Å². The van der Waals surface area contributed by atoms with Crippen LogP contribution in [0.2, 0.25) is 0 Å². The first kappa shape index (κ1) is 11.1. The lowest BCUT2D eigenvalue weighted by Crippen LogP contribution is -2.29. The SMILES string of the molecule is Nc1ccn(C[C@@]2(CO)C[C@H]2CO)c(=O)n1. The van der Waals surface area contributed by atoms with E-state index >= 15 is 0 Å². The third kappa shape index (κ3) is 1.81. The molecule has 1 heterocycles. The molecule has 0 aliphatic heterocycles.